The van der Waals surface area contributed by atoms with Crippen molar-refractivity contribution in [2.45, 2.75) is 6.04 Å². The molecule has 4 nitrogen and oxygen atoms in total. The van der Waals surface area contributed by atoms with Gasteiger partial charge >= 0.3 is 0 Å². The molecule has 3 aromatic rings. The predicted molar refractivity (Wildman–Crippen MR) is 96.9 cm³/mol. The van der Waals surface area contributed by atoms with Crippen LogP contribution in [0.4, 0.5) is 0 Å². The van der Waals surface area contributed by atoms with Crippen LogP contribution in [0.3, 0.4) is 0 Å². The highest BCUT2D eigenvalue weighted by Gasteiger charge is 2.17. The molecule has 1 atom stereocenters. The highest BCUT2D eigenvalue weighted by molar-refractivity contribution is 6.05. The van der Waals surface area contributed by atoms with Gasteiger partial charge in [-0.2, -0.15) is 0 Å². The van der Waals surface area contributed by atoms with Gasteiger partial charge in [0.1, 0.15) is 0 Å². The number of fused-ring (bicyclic) bond motifs is 1. The SMILES string of the molecule is CN(C)C(CNC(=O)c1cccc2cccnc12)c1ccccc1. The van der Waals surface area contributed by atoms with Crippen LogP contribution >= 0.6 is 0 Å². The van der Waals surface area contributed by atoms with Crippen molar-refractivity contribution in [2.75, 3.05) is 20.6 Å². The summed E-state index contributed by atoms with van der Waals surface area (Å²) in [5, 5.41) is 4.02. The van der Waals surface area contributed by atoms with E-state index < -0.39 is 0 Å². The maximum atomic E-state index is 12.6. The average Bonchev–Trinajstić information content (AvgIpc) is 2.62. The fourth-order valence-corrected chi connectivity index (χ4v) is 2.85. The average molecular weight is 319 g/mol. The molecule has 3 rings (SSSR count). The number of likely N-dealkylation sites (N-methyl/N-ethyl adjacent to an activating group) is 1. The molecule has 0 bridgehead atoms. The lowest BCUT2D eigenvalue weighted by Gasteiger charge is -2.25. The number of nitrogens with one attached hydrogen (secondary N) is 1. The molecule has 0 saturated carbocycles. The Hall–Kier alpha value is -2.72. The second-order valence-corrected chi connectivity index (χ2v) is 5.98. The molecule has 24 heavy (non-hydrogen) atoms. The number of hydrogen-bond acceptors (Lipinski definition) is 3. The van der Waals surface area contributed by atoms with Gasteiger partial charge in [-0.1, -0.05) is 48.5 Å². The van der Waals surface area contributed by atoms with E-state index in [0.717, 1.165) is 10.9 Å². The van der Waals surface area contributed by atoms with Crippen molar-refractivity contribution in [1.29, 1.82) is 0 Å². The Bertz CT molecular complexity index is 825. The molecule has 4 heteroatoms. The van der Waals surface area contributed by atoms with E-state index in [9.17, 15) is 4.79 Å². The normalized spacial score (nSPS) is 12.3. The zero-order valence-corrected chi connectivity index (χ0v) is 13.9. The zero-order valence-electron chi connectivity index (χ0n) is 13.9. The van der Waals surface area contributed by atoms with Crippen LogP contribution in [-0.2, 0) is 0 Å². The molecule has 122 valence electrons. The van der Waals surface area contributed by atoms with Crippen LogP contribution in [0.15, 0.2) is 66.9 Å². The van der Waals surface area contributed by atoms with Crippen molar-refractivity contribution in [3.8, 4) is 0 Å². The minimum Gasteiger partial charge on any atom is -0.350 e. The van der Waals surface area contributed by atoms with Crippen LogP contribution in [0.1, 0.15) is 22.0 Å². The van der Waals surface area contributed by atoms with Gasteiger partial charge in [-0.05, 0) is 31.8 Å². The summed E-state index contributed by atoms with van der Waals surface area (Å²) in [6.07, 6.45) is 1.71. The van der Waals surface area contributed by atoms with Gasteiger partial charge in [0.15, 0.2) is 0 Å². The first-order chi connectivity index (χ1) is 11.7. The third-order valence-electron chi connectivity index (χ3n) is 4.14. The summed E-state index contributed by atoms with van der Waals surface area (Å²) >= 11 is 0. The van der Waals surface area contributed by atoms with E-state index in [0.29, 0.717) is 12.1 Å². The van der Waals surface area contributed by atoms with Gasteiger partial charge in [0, 0.05) is 18.1 Å². The van der Waals surface area contributed by atoms with E-state index in [4.69, 9.17) is 0 Å². The molecule has 1 unspecified atom stereocenters. The third-order valence-corrected chi connectivity index (χ3v) is 4.14. The Morgan fingerprint density at radius 3 is 2.54 bits per heavy atom. The van der Waals surface area contributed by atoms with Gasteiger partial charge in [0.25, 0.3) is 5.91 Å². The minimum absolute atomic E-state index is 0.0953. The summed E-state index contributed by atoms with van der Waals surface area (Å²) < 4.78 is 0. The van der Waals surface area contributed by atoms with Crippen molar-refractivity contribution in [1.82, 2.24) is 15.2 Å². The van der Waals surface area contributed by atoms with Gasteiger partial charge in [-0.25, -0.2) is 0 Å². The number of aromatic nitrogens is 1. The first-order valence-electron chi connectivity index (χ1n) is 8.00. The summed E-state index contributed by atoms with van der Waals surface area (Å²) in [4.78, 5) is 19.1. The summed E-state index contributed by atoms with van der Waals surface area (Å²) in [7, 11) is 4.03. The maximum Gasteiger partial charge on any atom is 0.253 e. The van der Waals surface area contributed by atoms with Gasteiger partial charge < -0.3 is 10.2 Å². The van der Waals surface area contributed by atoms with Crippen molar-refractivity contribution < 1.29 is 4.79 Å². The largest absolute Gasteiger partial charge is 0.350 e. The molecule has 0 fully saturated rings. The lowest BCUT2D eigenvalue weighted by Crippen LogP contribution is -2.34. The topological polar surface area (TPSA) is 45.2 Å². The van der Waals surface area contributed by atoms with Crippen molar-refractivity contribution in [3.05, 3.63) is 78.0 Å². The number of carbonyl (C=O) groups is 1. The first kappa shape index (κ1) is 16.1. The second kappa shape index (κ2) is 7.23. The Labute approximate surface area is 142 Å². The third kappa shape index (κ3) is 3.44. The lowest BCUT2D eigenvalue weighted by atomic mass is 10.1. The van der Waals surface area contributed by atoms with Crippen LogP contribution < -0.4 is 5.32 Å². The van der Waals surface area contributed by atoms with Crippen molar-refractivity contribution in [3.63, 3.8) is 0 Å². The van der Waals surface area contributed by atoms with Gasteiger partial charge in [-0.15, -0.1) is 0 Å². The predicted octanol–water partition coefficient (Wildman–Crippen LogP) is 3.27. The molecule has 1 amide bonds. The van der Waals surface area contributed by atoms with Crippen LogP contribution in [-0.4, -0.2) is 36.4 Å². The Balaban J connectivity index is 1.79. The molecule has 1 heterocycles. The summed E-state index contributed by atoms with van der Waals surface area (Å²) in [6.45, 7) is 0.541. The molecule has 0 aliphatic rings. The molecule has 0 aliphatic heterocycles. The Morgan fingerprint density at radius 1 is 1.04 bits per heavy atom. The van der Waals surface area contributed by atoms with E-state index >= 15 is 0 Å². The van der Waals surface area contributed by atoms with Crippen LogP contribution in [0.5, 0.6) is 0 Å². The highest BCUT2D eigenvalue weighted by atomic mass is 16.1. The number of hydrogen-bond donors (Lipinski definition) is 1. The van der Waals surface area contributed by atoms with Crippen LogP contribution in [0, 0.1) is 0 Å². The summed E-state index contributed by atoms with van der Waals surface area (Å²) in [5.74, 6) is -0.0953. The van der Waals surface area contributed by atoms with Gasteiger partial charge in [0.05, 0.1) is 17.1 Å². The van der Waals surface area contributed by atoms with E-state index in [1.165, 1.54) is 5.56 Å². The number of carbonyl (C=O) groups excluding carboxylic acids is 1. The minimum atomic E-state index is -0.0953. The standard InChI is InChI=1S/C20H21N3O/c1-23(2)18(15-8-4-3-5-9-15)14-22-20(24)17-12-6-10-16-11-7-13-21-19(16)17/h3-13,18H,14H2,1-2H3,(H,22,24). The maximum absolute atomic E-state index is 12.6. The smallest absolute Gasteiger partial charge is 0.253 e. The molecular weight excluding hydrogens is 298 g/mol. The van der Waals surface area contributed by atoms with E-state index in [2.05, 4.69) is 27.3 Å². The highest BCUT2D eigenvalue weighted by Crippen LogP contribution is 2.18. The van der Waals surface area contributed by atoms with Crippen LogP contribution in [0.25, 0.3) is 10.9 Å². The molecule has 0 aliphatic carbocycles. The van der Waals surface area contributed by atoms with Gasteiger partial charge in [-0.3, -0.25) is 9.78 Å². The molecule has 2 aromatic carbocycles. The summed E-state index contributed by atoms with van der Waals surface area (Å²) in [6, 6.07) is 19.8. The Kier molecular flexibility index (Phi) is 4.87. The van der Waals surface area contributed by atoms with E-state index in [-0.39, 0.29) is 11.9 Å². The molecule has 1 N–H and O–H groups in total. The van der Waals surface area contributed by atoms with Crippen molar-refractivity contribution in [2.24, 2.45) is 0 Å². The van der Waals surface area contributed by atoms with E-state index in [1.54, 1.807) is 6.20 Å². The fourth-order valence-electron chi connectivity index (χ4n) is 2.85. The van der Waals surface area contributed by atoms with Crippen molar-refractivity contribution >= 4 is 16.8 Å². The number of amides is 1. The molecule has 0 radical (unpaired) electrons. The monoisotopic (exact) mass is 319 g/mol. The number of para-hydroxylation sites is 1. The lowest BCUT2D eigenvalue weighted by molar-refractivity contribution is 0.0943. The number of pyridine rings is 1. The Morgan fingerprint density at radius 2 is 1.79 bits per heavy atom. The fraction of sp³-hybridized carbons (Fsp3) is 0.200. The van der Waals surface area contributed by atoms with Gasteiger partial charge in [0.2, 0.25) is 0 Å². The number of rotatable bonds is 5. The number of benzene rings is 2. The quantitative estimate of drug-likeness (QED) is 0.785. The first-order valence-corrected chi connectivity index (χ1v) is 8.00. The zero-order chi connectivity index (χ0) is 16.9. The number of nitrogens with zero attached hydrogens (tertiary/aromatic N) is 2. The van der Waals surface area contributed by atoms with E-state index in [1.807, 2.05) is 62.6 Å². The second-order valence-electron chi connectivity index (χ2n) is 5.98. The van der Waals surface area contributed by atoms with Crippen LogP contribution in [0.2, 0.25) is 0 Å². The molecule has 0 saturated heterocycles. The molecule has 1 aromatic heterocycles. The summed E-state index contributed by atoms with van der Waals surface area (Å²) in [5.41, 5.74) is 2.52. The molecular formula is C20H21N3O. The molecule has 0 spiro atoms.